The average Bonchev–Trinajstić information content (AvgIpc) is 1.86. The van der Waals surface area contributed by atoms with Gasteiger partial charge in [0.15, 0.2) is 5.78 Å². The number of ketones is 1. The van der Waals surface area contributed by atoms with Crippen molar-refractivity contribution < 1.29 is 23.7 Å². The molecule has 0 aromatic heterocycles. The molecule has 0 saturated carbocycles. The molecule has 0 spiro atoms. The van der Waals surface area contributed by atoms with Crippen molar-refractivity contribution in [3.05, 3.63) is 224 Å². The van der Waals surface area contributed by atoms with Gasteiger partial charge in [0.2, 0.25) is 0 Å². The van der Waals surface area contributed by atoms with Crippen LogP contribution in [0.1, 0.15) is 202 Å². The average molecular weight is 1180 g/mol. The van der Waals surface area contributed by atoms with Crippen LogP contribution in [0, 0.1) is 72.1 Å². The molecule has 90 heavy (non-hydrogen) atoms. The van der Waals surface area contributed by atoms with Crippen LogP contribution in [-0.4, -0.2) is 32.2 Å². The molecule has 0 radical (unpaired) electrons. The Morgan fingerprint density at radius 2 is 0.533 bits per heavy atom. The number of benzene rings is 8. The zero-order valence-electron chi connectivity index (χ0n) is 52.8. The number of carbonyl (C=O) groups is 1. The maximum atomic E-state index is 14.5. The van der Waals surface area contributed by atoms with E-state index < -0.39 is 0 Å². The van der Waals surface area contributed by atoms with Crippen LogP contribution in [-0.2, 0) is 0 Å². The highest BCUT2D eigenvalue weighted by Gasteiger charge is 2.27. The lowest BCUT2D eigenvalue weighted by Crippen LogP contribution is -2.03. The molecule has 8 aromatic rings. The summed E-state index contributed by atoms with van der Waals surface area (Å²) in [6.45, 7) is 11.0. The van der Waals surface area contributed by atoms with Gasteiger partial charge in [-0.2, -0.15) is 0 Å². The van der Waals surface area contributed by atoms with Crippen LogP contribution in [0.25, 0.3) is 33.4 Å². The molecule has 0 atom stereocenters. The molecule has 5 nitrogen and oxygen atoms in total. The normalized spacial score (nSPS) is 10.8. The summed E-state index contributed by atoms with van der Waals surface area (Å²) in [6.07, 6.45) is 28.3. The first kappa shape index (κ1) is 64.5. The predicted octanol–water partition coefficient (Wildman–Crippen LogP) is 19.6. The van der Waals surface area contributed by atoms with E-state index in [1.807, 2.05) is 133 Å². The molecule has 5 heteroatoms. The number of hydrogen-bond donors (Lipinski definition) is 0. The van der Waals surface area contributed by atoms with E-state index in [4.69, 9.17) is 31.8 Å². The number of ether oxygens (including phenoxy) is 4. The standard InChI is InChI=1S/C85H80O5/c1-7-13-17-21-53-87-81-61-75(83(89-55-23-19-15-9-3)59-73(81)47-33-65-29-43-71(44-30-65)69-39-25-63(11-5)26-40-69)49-35-67-37-51-77-78-52-38-68(58-80(78)85(86)79(77)57-67)36-50-76-62-82(88-54-22-18-14-8-2)74(60-84(76)90-56-24-20-16-10-4)48-34-66-31-45-72(46-32-66)70-41-27-64(12-6)28-42-70/h5-6,25-32,37-46,51-52,57-62H,7-10,13-24,53-56H2,1-4H3. The fraction of sp³-hybridized carbons (Fsp3) is 0.282. The molecule has 0 bridgehead atoms. The van der Waals surface area contributed by atoms with E-state index in [9.17, 15) is 4.79 Å². The summed E-state index contributed by atoms with van der Waals surface area (Å²) in [6, 6.07) is 52.1. The van der Waals surface area contributed by atoms with Crippen LogP contribution in [0.2, 0.25) is 0 Å². The first-order valence-corrected chi connectivity index (χ1v) is 32.4. The van der Waals surface area contributed by atoms with Crippen molar-refractivity contribution in [2.75, 3.05) is 26.4 Å². The fourth-order valence-corrected chi connectivity index (χ4v) is 10.6. The van der Waals surface area contributed by atoms with E-state index >= 15 is 0 Å². The highest BCUT2D eigenvalue weighted by Crippen LogP contribution is 2.38. The molecular weight excluding hydrogens is 1100 g/mol. The molecule has 0 fully saturated rings. The van der Waals surface area contributed by atoms with Gasteiger partial charge in [0.25, 0.3) is 0 Å². The van der Waals surface area contributed by atoms with E-state index in [2.05, 4.69) is 111 Å². The summed E-state index contributed by atoms with van der Waals surface area (Å²) >= 11 is 0. The highest BCUT2D eigenvalue weighted by atomic mass is 16.5. The number of terminal acetylenes is 2. The Balaban J connectivity index is 0.986. The number of fused-ring (bicyclic) bond motifs is 3. The molecule has 9 rings (SSSR count). The summed E-state index contributed by atoms with van der Waals surface area (Å²) in [7, 11) is 0. The van der Waals surface area contributed by atoms with Crippen molar-refractivity contribution in [3.8, 4) is 128 Å². The minimum atomic E-state index is -0.0652. The summed E-state index contributed by atoms with van der Waals surface area (Å²) in [4.78, 5) is 14.5. The van der Waals surface area contributed by atoms with E-state index in [-0.39, 0.29) is 5.78 Å². The zero-order chi connectivity index (χ0) is 62.7. The van der Waals surface area contributed by atoms with Crippen molar-refractivity contribution in [3.63, 3.8) is 0 Å². The van der Waals surface area contributed by atoms with E-state index in [1.54, 1.807) is 0 Å². The van der Waals surface area contributed by atoms with Crippen LogP contribution in [0.15, 0.2) is 158 Å². The number of rotatable bonds is 26. The lowest BCUT2D eigenvalue weighted by molar-refractivity contribution is 0.104. The number of hydrogen-bond acceptors (Lipinski definition) is 5. The Bertz CT molecular complexity index is 3830. The van der Waals surface area contributed by atoms with Gasteiger partial charge in [0.05, 0.1) is 48.7 Å². The van der Waals surface area contributed by atoms with Crippen LogP contribution >= 0.6 is 0 Å². The van der Waals surface area contributed by atoms with Gasteiger partial charge in [0.1, 0.15) is 23.0 Å². The largest absolute Gasteiger partial charge is 0.492 e. The van der Waals surface area contributed by atoms with E-state index in [0.717, 1.165) is 169 Å². The van der Waals surface area contributed by atoms with Gasteiger partial charge in [-0.3, -0.25) is 4.79 Å². The Morgan fingerprint density at radius 1 is 0.278 bits per heavy atom. The molecule has 0 N–H and O–H groups in total. The second-order valence-corrected chi connectivity index (χ2v) is 22.8. The van der Waals surface area contributed by atoms with Crippen LogP contribution in [0.3, 0.4) is 0 Å². The number of unbranched alkanes of at least 4 members (excludes halogenated alkanes) is 12. The SMILES string of the molecule is C#Cc1ccc(-c2ccc(C#Cc3cc(OCCCCCC)c(C#Cc4ccc5c(c4)C(=O)c4cc(C#Cc6cc(OCCCCCC)c(C#Cc7ccc(-c8ccc(C#C)cc8)cc7)cc6OCCCCCC)ccc4-5)cc3OCCCCCC)cc2)cc1. The van der Waals surface area contributed by atoms with Gasteiger partial charge >= 0.3 is 0 Å². The van der Waals surface area contributed by atoms with Crippen molar-refractivity contribution >= 4 is 5.78 Å². The molecule has 1 aliphatic rings. The molecule has 0 amide bonds. The zero-order valence-corrected chi connectivity index (χ0v) is 52.8. The maximum absolute atomic E-state index is 14.5. The van der Waals surface area contributed by atoms with Gasteiger partial charge in [-0.1, -0.05) is 225 Å². The molecule has 0 aliphatic heterocycles. The van der Waals surface area contributed by atoms with E-state index in [1.165, 1.54) is 0 Å². The monoisotopic (exact) mass is 1180 g/mol. The van der Waals surface area contributed by atoms with Crippen molar-refractivity contribution in [1.82, 2.24) is 0 Å². The quantitative estimate of drug-likeness (QED) is 0.0399. The first-order valence-electron chi connectivity index (χ1n) is 32.4. The topological polar surface area (TPSA) is 54.0 Å². The molecule has 450 valence electrons. The lowest BCUT2D eigenvalue weighted by atomic mass is 10.0. The van der Waals surface area contributed by atoms with Crippen molar-refractivity contribution in [2.24, 2.45) is 0 Å². The Morgan fingerprint density at radius 3 is 0.800 bits per heavy atom. The Labute approximate surface area is 536 Å². The molecular formula is C85H80O5. The smallest absolute Gasteiger partial charge is 0.194 e. The van der Waals surface area contributed by atoms with Gasteiger partial charge in [-0.25, -0.2) is 0 Å². The Kier molecular flexibility index (Phi) is 24.3. The van der Waals surface area contributed by atoms with Crippen LogP contribution in [0.5, 0.6) is 23.0 Å². The predicted molar refractivity (Wildman–Crippen MR) is 370 cm³/mol. The van der Waals surface area contributed by atoms with Crippen molar-refractivity contribution in [2.45, 2.75) is 130 Å². The minimum absolute atomic E-state index is 0.0652. The third-order valence-corrected chi connectivity index (χ3v) is 15.9. The second kappa shape index (κ2) is 33.9. The molecule has 0 heterocycles. The summed E-state index contributed by atoms with van der Waals surface area (Å²) in [5.41, 5.74) is 15.0. The molecule has 0 saturated heterocycles. The van der Waals surface area contributed by atoms with Crippen molar-refractivity contribution in [1.29, 1.82) is 0 Å². The van der Waals surface area contributed by atoms with Gasteiger partial charge in [0, 0.05) is 68.8 Å². The summed E-state index contributed by atoms with van der Waals surface area (Å²) in [5.74, 6) is 35.2. The maximum Gasteiger partial charge on any atom is 0.194 e. The van der Waals surface area contributed by atoms with Gasteiger partial charge in [-0.15, -0.1) is 12.8 Å². The highest BCUT2D eigenvalue weighted by molar-refractivity contribution is 6.22. The molecule has 0 unspecified atom stereocenters. The van der Waals surface area contributed by atoms with Crippen LogP contribution < -0.4 is 18.9 Å². The van der Waals surface area contributed by atoms with Crippen LogP contribution in [0.4, 0.5) is 0 Å². The van der Waals surface area contributed by atoms with Gasteiger partial charge < -0.3 is 18.9 Å². The molecule has 1 aliphatic carbocycles. The summed E-state index contributed by atoms with van der Waals surface area (Å²) in [5, 5.41) is 0. The third kappa shape index (κ3) is 18.1. The minimum Gasteiger partial charge on any atom is -0.492 e. The molecule has 8 aromatic carbocycles. The summed E-state index contributed by atoms with van der Waals surface area (Å²) < 4.78 is 26.1. The van der Waals surface area contributed by atoms with Gasteiger partial charge in [-0.05, 0) is 132 Å². The number of carbonyl (C=O) groups excluding carboxylic acids is 1. The lowest BCUT2D eigenvalue weighted by Gasteiger charge is -2.14. The third-order valence-electron chi connectivity index (χ3n) is 15.9. The van der Waals surface area contributed by atoms with E-state index in [0.29, 0.717) is 82.8 Å². The fourth-order valence-electron chi connectivity index (χ4n) is 10.6. The second-order valence-electron chi connectivity index (χ2n) is 22.8. The first-order chi connectivity index (χ1) is 44.3. The Hall–Kier alpha value is -10.0.